The summed E-state index contributed by atoms with van der Waals surface area (Å²) < 4.78 is 11.2. The second-order valence-electron chi connectivity index (χ2n) is 11.4. The lowest BCUT2D eigenvalue weighted by atomic mass is 9.91. The van der Waals surface area contributed by atoms with Gasteiger partial charge in [0, 0.05) is 38.8 Å². The Bertz CT molecular complexity index is 1290. The molecule has 3 aliphatic heterocycles. The fourth-order valence-electron chi connectivity index (χ4n) is 6.72. The lowest BCUT2D eigenvalue weighted by Crippen LogP contribution is -2.56. The van der Waals surface area contributed by atoms with Gasteiger partial charge in [-0.15, -0.1) is 0 Å². The number of amides is 2. The molecule has 4 aliphatic rings. The SMILES string of the molecule is CC[C@@H]1C(=O)N(C)c2cnc(Nc3cc4c(cc3OC)N(C(=O)CN3CCOCC3)CC4)nc2N1C1CCCCC1. The molecule has 0 spiro atoms. The van der Waals surface area contributed by atoms with Gasteiger partial charge >= 0.3 is 0 Å². The quantitative estimate of drug-likeness (QED) is 0.543. The topological polar surface area (TPSA) is 103 Å². The van der Waals surface area contributed by atoms with E-state index < -0.39 is 0 Å². The number of hydrogen-bond acceptors (Lipinski definition) is 9. The minimum absolute atomic E-state index is 0.0957. The molecule has 1 aromatic heterocycles. The average Bonchev–Trinajstić information content (AvgIpc) is 3.42. The maximum absolute atomic E-state index is 13.3. The molecule has 6 rings (SSSR count). The van der Waals surface area contributed by atoms with Crippen LogP contribution < -0.4 is 24.8 Å². The van der Waals surface area contributed by atoms with Crippen LogP contribution in [0.1, 0.15) is 51.0 Å². The van der Waals surface area contributed by atoms with E-state index in [0.717, 1.165) is 67.2 Å². The Balaban J connectivity index is 1.27. The first-order valence-corrected chi connectivity index (χ1v) is 15.0. The first-order valence-electron chi connectivity index (χ1n) is 15.0. The van der Waals surface area contributed by atoms with E-state index in [9.17, 15) is 9.59 Å². The van der Waals surface area contributed by atoms with E-state index in [1.807, 2.05) is 24.1 Å². The number of fused-ring (bicyclic) bond motifs is 2. The van der Waals surface area contributed by atoms with Crippen molar-refractivity contribution >= 4 is 40.6 Å². The summed E-state index contributed by atoms with van der Waals surface area (Å²) in [4.78, 5) is 44.1. The van der Waals surface area contributed by atoms with Crippen molar-refractivity contribution in [3.8, 4) is 5.75 Å². The summed E-state index contributed by atoms with van der Waals surface area (Å²) in [6.07, 6.45) is 8.97. The highest BCUT2D eigenvalue weighted by atomic mass is 16.5. The monoisotopic (exact) mass is 563 g/mol. The van der Waals surface area contributed by atoms with E-state index in [4.69, 9.17) is 14.5 Å². The van der Waals surface area contributed by atoms with E-state index in [1.165, 1.54) is 19.3 Å². The third-order valence-corrected chi connectivity index (χ3v) is 8.97. The molecule has 1 aliphatic carbocycles. The van der Waals surface area contributed by atoms with Gasteiger partial charge in [-0.25, -0.2) is 4.98 Å². The van der Waals surface area contributed by atoms with Crippen molar-refractivity contribution in [1.82, 2.24) is 14.9 Å². The highest BCUT2D eigenvalue weighted by Gasteiger charge is 2.41. The highest BCUT2D eigenvalue weighted by molar-refractivity contribution is 6.04. The van der Waals surface area contributed by atoms with Crippen LogP contribution in [-0.4, -0.2) is 92.3 Å². The summed E-state index contributed by atoms with van der Waals surface area (Å²) in [6.45, 7) is 6.00. The molecule has 11 nitrogen and oxygen atoms in total. The Morgan fingerprint density at radius 1 is 1.12 bits per heavy atom. The summed E-state index contributed by atoms with van der Waals surface area (Å²) in [5.74, 6) is 2.09. The van der Waals surface area contributed by atoms with E-state index in [0.29, 0.717) is 44.0 Å². The van der Waals surface area contributed by atoms with Crippen LogP contribution in [0.2, 0.25) is 0 Å². The number of morpholine rings is 1. The standard InChI is InChI=1S/C30H41N7O4/c1-4-23-29(39)34(2)25-18-31-30(33-28(25)37(23)21-8-6-5-7-9-21)32-22-16-20-10-11-36(24(20)17-26(22)40-3)27(38)19-35-12-14-41-15-13-35/h16-18,21,23H,4-15,19H2,1-3H3,(H,31,32,33)/t23-/m1/s1. The Hall–Kier alpha value is -3.44. The third-order valence-electron chi connectivity index (χ3n) is 8.97. The van der Waals surface area contributed by atoms with Crippen molar-refractivity contribution in [2.45, 2.75) is 64.0 Å². The van der Waals surface area contributed by atoms with Gasteiger partial charge in [-0.05, 0) is 37.3 Å². The fraction of sp³-hybridized carbons (Fsp3) is 0.600. The average molecular weight is 564 g/mol. The van der Waals surface area contributed by atoms with E-state index in [1.54, 1.807) is 18.2 Å². The molecule has 0 radical (unpaired) electrons. The highest BCUT2D eigenvalue weighted by Crippen LogP contribution is 2.41. The zero-order valence-corrected chi connectivity index (χ0v) is 24.4. The lowest BCUT2D eigenvalue weighted by Gasteiger charge is -2.45. The van der Waals surface area contributed by atoms with Crippen molar-refractivity contribution in [3.05, 3.63) is 23.9 Å². The van der Waals surface area contributed by atoms with Gasteiger partial charge in [-0.1, -0.05) is 26.2 Å². The first kappa shape index (κ1) is 27.7. The van der Waals surface area contributed by atoms with Crippen LogP contribution >= 0.6 is 0 Å². The number of carbonyl (C=O) groups is 2. The van der Waals surface area contributed by atoms with Crippen LogP contribution in [-0.2, 0) is 20.7 Å². The number of likely N-dealkylation sites (N-methyl/N-ethyl adjacent to an activating group) is 1. The number of nitrogens with one attached hydrogen (secondary N) is 1. The minimum Gasteiger partial charge on any atom is -0.494 e. The summed E-state index contributed by atoms with van der Waals surface area (Å²) >= 11 is 0. The molecule has 1 atom stereocenters. The molecule has 11 heteroatoms. The minimum atomic E-state index is -0.228. The van der Waals surface area contributed by atoms with Crippen LogP contribution in [0.4, 0.5) is 28.8 Å². The molecule has 1 saturated carbocycles. The molecular formula is C30H41N7O4. The Morgan fingerprint density at radius 2 is 1.90 bits per heavy atom. The molecule has 2 fully saturated rings. The molecule has 2 amide bonds. The lowest BCUT2D eigenvalue weighted by molar-refractivity contribution is -0.121. The number of rotatable bonds is 7. The molecule has 1 N–H and O–H groups in total. The molecule has 1 aromatic carbocycles. The first-order chi connectivity index (χ1) is 20.0. The second kappa shape index (κ2) is 11.8. The predicted molar refractivity (Wildman–Crippen MR) is 158 cm³/mol. The number of anilines is 5. The van der Waals surface area contributed by atoms with Gasteiger partial charge in [-0.3, -0.25) is 14.5 Å². The molecule has 0 unspecified atom stereocenters. The number of hydrogen-bond donors (Lipinski definition) is 1. The van der Waals surface area contributed by atoms with Crippen molar-refractivity contribution < 1.29 is 19.1 Å². The predicted octanol–water partition coefficient (Wildman–Crippen LogP) is 3.34. The van der Waals surface area contributed by atoms with Gasteiger partial charge in [0.1, 0.15) is 17.5 Å². The normalized spacial score (nSPS) is 21.6. The molecule has 220 valence electrons. The van der Waals surface area contributed by atoms with Crippen LogP contribution in [0.25, 0.3) is 0 Å². The number of nitrogens with zero attached hydrogens (tertiary/aromatic N) is 6. The molecule has 41 heavy (non-hydrogen) atoms. The Labute approximate surface area is 241 Å². The van der Waals surface area contributed by atoms with Crippen LogP contribution in [0.3, 0.4) is 0 Å². The summed E-state index contributed by atoms with van der Waals surface area (Å²) in [7, 11) is 3.45. The van der Waals surface area contributed by atoms with Gasteiger partial charge in [0.25, 0.3) is 0 Å². The van der Waals surface area contributed by atoms with Crippen molar-refractivity contribution in [2.75, 3.05) is 73.6 Å². The van der Waals surface area contributed by atoms with Crippen molar-refractivity contribution in [3.63, 3.8) is 0 Å². The van der Waals surface area contributed by atoms with Crippen LogP contribution in [0.15, 0.2) is 18.3 Å². The van der Waals surface area contributed by atoms with Gasteiger partial charge in [0.15, 0.2) is 5.82 Å². The van der Waals surface area contributed by atoms with Gasteiger partial charge in [-0.2, -0.15) is 4.98 Å². The van der Waals surface area contributed by atoms with Crippen molar-refractivity contribution in [1.29, 1.82) is 0 Å². The fourth-order valence-corrected chi connectivity index (χ4v) is 6.72. The van der Waals surface area contributed by atoms with Gasteiger partial charge in [0.2, 0.25) is 17.8 Å². The number of benzene rings is 1. The molecule has 2 aromatic rings. The molecule has 1 saturated heterocycles. The van der Waals surface area contributed by atoms with Gasteiger partial charge in [0.05, 0.1) is 44.4 Å². The zero-order chi connectivity index (χ0) is 28.5. The summed E-state index contributed by atoms with van der Waals surface area (Å²) in [5, 5.41) is 3.39. The summed E-state index contributed by atoms with van der Waals surface area (Å²) in [6, 6.07) is 4.05. The van der Waals surface area contributed by atoms with Crippen LogP contribution in [0.5, 0.6) is 5.75 Å². The van der Waals surface area contributed by atoms with Crippen molar-refractivity contribution in [2.24, 2.45) is 0 Å². The zero-order valence-electron chi connectivity index (χ0n) is 24.4. The van der Waals surface area contributed by atoms with Crippen LogP contribution in [0, 0.1) is 0 Å². The van der Waals surface area contributed by atoms with E-state index >= 15 is 0 Å². The molecule has 4 heterocycles. The third kappa shape index (κ3) is 5.32. The number of aromatic nitrogens is 2. The molecular weight excluding hydrogens is 522 g/mol. The maximum Gasteiger partial charge on any atom is 0.249 e. The molecule has 0 bridgehead atoms. The summed E-state index contributed by atoms with van der Waals surface area (Å²) in [5.41, 5.74) is 3.48. The largest absolute Gasteiger partial charge is 0.494 e. The maximum atomic E-state index is 13.3. The smallest absolute Gasteiger partial charge is 0.249 e. The Morgan fingerprint density at radius 3 is 2.63 bits per heavy atom. The number of carbonyl (C=O) groups excluding carboxylic acids is 2. The Kier molecular flexibility index (Phi) is 7.99. The number of ether oxygens (including phenoxy) is 2. The second-order valence-corrected chi connectivity index (χ2v) is 11.4. The van der Waals surface area contributed by atoms with Gasteiger partial charge < -0.3 is 29.5 Å². The number of methoxy groups -OCH3 is 1. The van der Waals surface area contributed by atoms with E-state index in [-0.39, 0.29) is 17.9 Å². The van der Waals surface area contributed by atoms with E-state index in [2.05, 4.69) is 27.0 Å².